The summed E-state index contributed by atoms with van der Waals surface area (Å²) in [6.45, 7) is 5.25. The molecule has 0 aliphatic rings. The van der Waals surface area contributed by atoms with Crippen LogP contribution in [0.5, 0.6) is 0 Å². The second kappa shape index (κ2) is 7.69. The minimum Gasteiger partial charge on any atom is -0.452 e. The van der Waals surface area contributed by atoms with Gasteiger partial charge in [0, 0.05) is 17.0 Å². The van der Waals surface area contributed by atoms with E-state index in [1.54, 1.807) is 13.8 Å². The Morgan fingerprint density at radius 2 is 1.96 bits per heavy atom. The van der Waals surface area contributed by atoms with Gasteiger partial charge < -0.3 is 4.74 Å². The summed E-state index contributed by atoms with van der Waals surface area (Å²) in [6, 6.07) is 7.99. The number of ether oxygens (including phenoxy) is 1. The van der Waals surface area contributed by atoms with Crippen molar-refractivity contribution in [1.82, 2.24) is 4.98 Å². The van der Waals surface area contributed by atoms with Crippen LogP contribution in [-0.4, -0.2) is 23.5 Å². The fraction of sp³-hybridized carbons (Fsp3) is 0.235. The second-order valence-corrected chi connectivity index (χ2v) is 6.14. The largest absolute Gasteiger partial charge is 0.452 e. The molecule has 0 bridgehead atoms. The van der Waals surface area contributed by atoms with Gasteiger partial charge in [0.25, 0.3) is 5.91 Å². The summed E-state index contributed by atoms with van der Waals surface area (Å²) in [4.78, 5) is 27.4. The molecule has 0 fully saturated rings. The predicted octanol–water partition coefficient (Wildman–Crippen LogP) is 3.57. The van der Waals surface area contributed by atoms with E-state index >= 15 is 0 Å². The smallest absolute Gasteiger partial charge is 0.331 e. The molecular weight excluding hydrogens is 312 g/mol. The Balaban J connectivity index is 1.91. The Morgan fingerprint density at radius 1 is 1.26 bits per heavy atom. The zero-order valence-electron chi connectivity index (χ0n) is 13.3. The fourth-order valence-electron chi connectivity index (χ4n) is 1.76. The minimum absolute atomic E-state index is 0.331. The normalized spacial score (nSPS) is 10.0. The van der Waals surface area contributed by atoms with Crippen LogP contribution in [-0.2, 0) is 14.3 Å². The van der Waals surface area contributed by atoms with Gasteiger partial charge in [-0.05, 0) is 20.8 Å². The van der Waals surface area contributed by atoms with Gasteiger partial charge in [0.2, 0.25) is 0 Å². The number of amides is 1. The summed E-state index contributed by atoms with van der Waals surface area (Å²) >= 11 is 1.33. The van der Waals surface area contributed by atoms with Crippen molar-refractivity contribution >= 4 is 28.3 Å². The summed E-state index contributed by atoms with van der Waals surface area (Å²) in [5.41, 5.74) is 3.78. The molecular formula is C17H18N2O3S. The van der Waals surface area contributed by atoms with Crippen LogP contribution in [0, 0.1) is 6.92 Å². The third-order valence-corrected chi connectivity index (χ3v) is 3.61. The highest BCUT2D eigenvalue weighted by molar-refractivity contribution is 7.14. The number of hydrogen-bond donors (Lipinski definition) is 1. The number of nitrogens with zero attached hydrogens (tertiary/aromatic N) is 1. The molecule has 0 aliphatic carbocycles. The van der Waals surface area contributed by atoms with Crippen LogP contribution in [0.25, 0.3) is 11.3 Å². The van der Waals surface area contributed by atoms with Crippen molar-refractivity contribution in [2.75, 3.05) is 11.9 Å². The van der Waals surface area contributed by atoms with E-state index in [1.165, 1.54) is 23.0 Å². The summed E-state index contributed by atoms with van der Waals surface area (Å²) < 4.78 is 4.84. The van der Waals surface area contributed by atoms with Gasteiger partial charge in [-0.3, -0.25) is 10.1 Å². The van der Waals surface area contributed by atoms with E-state index in [9.17, 15) is 9.59 Å². The molecule has 5 nitrogen and oxygen atoms in total. The number of aryl methyl sites for hydroxylation is 1. The van der Waals surface area contributed by atoms with Crippen LogP contribution >= 0.6 is 11.3 Å². The molecule has 1 aromatic carbocycles. The van der Waals surface area contributed by atoms with E-state index in [1.807, 2.05) is 36.6 Å². The summed E-state index contributed by atoms with van der Waals surface area (Å²) in [5.74, 6) is -0.940. The number of thiazole rings is 1. The van der Waals surface area contributed by atoms with Crippen molar-refractivity contribution in [3.8, 4) is 11.3 Å². The van der Waals surface area contributed by atoms with Crippen LogP contribution in [0.15, 0.2) is 41.3 Å². The lowest BCUT2D eigenvalue weighted by atomic mass is 10.1. The van der Waals surface area contributed by atoms with Crippen LogP contribution in [0.1, 0.15) is 19.4 Å². The van der Waals surface area contributed by atoms with Gasteiger partial charge in [0.1, 0.15) is 0 Å². The van der Waals surface area contributed by atoms with Crippen molar-refractivity contribution in [3.63, 3.8) is 0 Å². The van der Waals surface area contributed by atoms with Crippen molar-refractivity contribution in [2.45, 2.75) is 20.8 Å². The third-order valence-electron chi connectivity index (χ3n) is 2.85. The Kier molecular flexibility index (Phi) is 5.65. The monoisotopic (exact) mass is 330 g/mol. The number of nitrogens with one attached hydrogen (secondary N) is 1. The number of allylic oxidation sites excluding steroid dienone is 1. The van der Waals surface area contributed by atoms with Crippen molar-refractivity contribution in [1.29, 1.82) is 0 Å². The van der Waals surface area contributed by atoms with Crippen LogP contribution < -0.4 is 5.32 Å². The Morgan fingerprint density at radius 3 is 2.61 bits per heavy atom. The first-order chi connectivity index (χ1) is 10.9. The first-order valence-corrected chi connectivity index (χ1v) is 7.96. The summed E-state index contributed by atoms with van der Waals surface area (Å²) in [7, 11) is 0. The number of aromatic nitrogens is 1. The van der Waals surface area contributed by atoms with Crippen LogP contribution in [0.3, 0.4) is 0 Å². The highest BCUT2D eigenvalue weighted by Crippen LogP contribution is 2.25. The van der Waals surface area contributed by atoms with Crippen molar-refractivity contribution in [3.05, 3.63) is 46.9 Å². The Bertz CT molecular complexity index is 729. The highest BCUT2D eigenvalue weighted by atomic mass is 32.1. The summed E-state index contributed by atoms with van der Waals surface area (Å²) in [6.07, 6.45) is 1.34. The molecule has 120 valence electrons. The zero-order chi connectivity index (χ0) is 16.8. The molecule has 1 amide bonds. The SMILES string of the molecule is CC(C)=CC(=O)OCC(=O)Nc1nc(-c2ccc(C)cc2)cs1. The molecule has 23 heavy (non-hydrogen) atoms. The lowest BCUT2D eigenvalue weighted by Crippen LogP contribution is -2.20. The van der Waals surface area contributed by atoms with Gasteiger partial charge in [0.05, 0.1) is 5.69 Å². The molecule has 0 spiro atoms. The van der Waals surface area contributed by atoms with Gasteiger partial charge in [0.15, 0.2) is 11.7 Å². The minimum atomic E-state index is -0.528. The molecule has 0 aliphatic heterocycles. The van der Waals surface area contributed by atoms with E-state index < -0.39 is 11.9 Å². The van der Waals surface area contributed by atoms with E-state index in [0.717, 1.165) is 16.8 Å². The first kappa shape index (κ1) is 16.9. The molecule has 2 rings (SSSR count). The second-order valence-electron chi connectivity index (χ2n) is 5.28. The molecule has 0 saturated carbocycles. The molecule has 0 radical (unpaired) electrons. The molecule has 0 unspecified atom stereocenters. The first-order valence-electron chi connectivity index (χ1n) is 7.08. The van der Waals surface area contributed by atoms with E-state index in [4.69, 9.17) is 4.74 Å². The third kappa shape index (κ3) is 5.34. The number of carbonyl (C=O) groups excluding carboxylic acids is 2. The standard InChI is InChI=1S/C17H18N2O3S/c1-11(2)8-16(21)22-9-15(20)19-17-18-14(10-23-17)13-6-4-12(3)5-7-13/h4-8,10H,9H2,1-3H3,(H,18,19,20). The molecule has 6 heteroatoms. The predicted molar refractivity (Wildman–Crippen MR) is 91.3 cm³/mol. The van der Waals surface area contributed by atoms with Gasteiger partial charge >= 0.3 is 5.97 Å². The van der Waals surface area contributed by atoms with Gasteiger partial charge in [-0.1, -0.05) is 35.4 Å². The van der Waals surface area contributed by atoms with Crippen molar-refractivity contribution < 1.29 is 14.3 Å². The number of anilines is 1. The maximum Gasteiger partial charge on any atom is 0.331 e. The average Bonchev–Trinajstić information content (AvgIpc) is 2.93. The molecule has 2 aromatic rings. The number of benzene rings is 1. The number of carbonyl (C=O) groups is 2. The van der Waals surface area contributed by atoms with Crippen molar-refractivity contribution in [2.24, 2.45) is 0 Å². The van der Waals surface area contributed by atoms with Crippen LogP contribution in [0.2, 0.25) is 0 Å². The quantitative estimate of drug-likeness (QED) is 0.672. The average molecular weight is 330 g/mol. The molecule has 0 saturated heterocycles. The van der Waals surface area contributed by atoms with E-state index in [2.05, 4.69) is 10.3 Å². The summed E-state index contributed by atoms with van der Waals surface area (Å²) in [5, 5.41) is 4.97. The molecule has 1 heterocycles. The molecule has 1 N–H and O–H groups in total. The van der Waals surface area contributed by atoms with E-state index in [-0.39, 0.29) is 6.61 Å². The number of hydrogen-bond acceptors (Lipinski definition) is 5. The molecule has 0 atom stereocenters. The molecule has 1 aromatic heterocycles. The number of rotatable bonds is 5. The highest BCUT2D eigenvalue weighted by Gasteiger charge is 2.09. The topological polar surface area (TPSA) is 68.3 Å². The maximum absolute atomic E-state index is 11.8. The maximum atomic E-state index is 11.8. The lowest BCUT2D eigenvalue weighted by Gasteiger charge is -2.02. The van der Waals surface area contributed by atoms with Gasteiger partial charge in [-0.25, -0.2) is 9.78 Å². The number of esters is 1. The van der Waals surface area contributed by atoms with Gasteiger partial charge in [-0.2, -0.15) is 0 Å². The van der Waals surface area contributed by atoms with E-state index in [0.29, 0.717) is 5.13 Å². The zero-order valence-corrected chi connectivity index (χ0v) is 14.1. The fourth-order valence-corrected chi connectivity index (χ4v) is 2.49. The Labute approximate surface area is 139 Å². The van der Waals surface area contributed by atoms with Crippen LogP contribution in [0.4, 0.5) is 5.13 Å². The Hall–Kier alpha value is -2.47. The van der Waals surface area contributed by atoms with Gasteiger partial charge in [-0.15, -0.1) is 11.3 Å². The lowest BCUT2D eigenvalue weighted by molar-refractivity contribution is -0.142.